The van der Waals surface area contributed by atoms with E-state index < -0.39 is 0 Å². The second-order valence-corrected chi connectivity index (χ2v) is 5.92. The van der Waals surface area contributed by atoms with Gasteiger partial charge in [0, 0.05) is 18.2 Å². The number of nitrogens with one attached hydrogen (secondary N) is 1. The van der Waals surface area contributed by atoms with Crippen molar-refractivity contribution in [3.05, 3.63) is 47.7 Å². The third-order valence-electron chi connectivity index (χ3n) is 4.23. The summed E-state index contributed by atoms with van der Waals surface area (Å²) in [7, 11) is 1.62. The van der Waals surface area contributed by atoms with Gasteiger partial charge in [0.1, 0.15) is 5.75 Å². The number of nitrogens with zero attached hydrogens (tertiary/aromatic N) is 1. The minimum atomic E-state index is -0.199. The number of carbonyl (C=O) groups is 1. The molecule has 1 aliphatic rings. The van der Waals surface area contributed by atoms with Gasteiger partial charge in [-0.3, -0.25) is 4.79 Å². The number of amides is 1. The van der Waals surface area contributed by atoms with Gasteiger partial charge in [0.15, 0.2) is 11.5 Å². The Morgan fingerprint density at radius 3 is 2.83 bits per heavy atom. The lowest BCUT2D eigenvalue weighted by atomic mass is 9.97. The molecule has 3 rings (SSSR count). The van der Waals surface area contributed by atoms with E-state index in [1.165, 1.54) is 18.4 Å². The van der Waals surface area contributed by atoms with Crippen LogP contribution in [0.25, 0.3) is 11.3 Å². The topological polar surface area (TPSA) is 64.4 Å². The van der Waals surface area contributed by atoms with E-state index in [0.717, 1.165) is 30.6 Å². The maximum Gasteiger partial charge on any atom is 0.273 e. The molecule has 1 N–H and O–H groups in total. The highest BCUT2D eigenvalue weighted by Crippen LogP contribution is 2.23. The molecule has 1 heterocycles. The lowest BCUT2D eigenvalue weighted by Gasteiger charge is -2.12. The van der Waals surface area contributed by atoms with Gasteiger partial charge in [-0.15, -0.1) is 0 Å². The molecule has 0 saturated carbocycles. The Balaban J connectivity index is 1.55. The molecule has 0 saturated heterocycles. The van der Waals surface area contributed by atoms with Gasteiger partial charge < -0.3 is 14.6 Å². The van der Waals surface area contributed by atoms with Crippen LogP contribution in [0.15, 0.2) is 46.5 Å². The van der Waals surface area contributed by atoms with Crippen LogP contribution < -0.4 is 10.1 Å². The predicted octanol–water partition coefficient (Wildman–Crippen LogP) is 3.97. The molecule has 126 valence electrons. The molecular formula is C19H22N2O3. The molecule has 1 aromatic carbocycles. The summed E-state index contributed by atoms with van der Waals surface area (Å²) in [5, 5.41) is 6.77. The largest absolute Gasteiger partial charge is 0.497 e. The minimum Gasteiger partial charge on any atom is -0.497 e. The molecule has 1 aromatic heterocycles. The standard InChI is InChI=1S/C19H22N2O3/c1-23-16-9-7-15(8-10-16)18-13-17(21-24-18)19(22)20-12-11-14-5-3-2-4-6-14/h5,7-10,13H,2-4,6,11-12H2,1H3,(H,20,22). The van der Waals surface area contributed by atoms with Crippen LogP contribution in [0.4, 0.5) is 0 Å². The molecule has 0 bridgehead atoms. The molecule has 1 aliphatic carbocycles. The summed E-state index contributed by atoms with van der Waals surface area (Å²) in [6.45, 7) is 0.634. The predicted molar refractivity (Wildman–Crippen MR) is 92.0 cm³/mol. The van der Waals surface area contributed by atoms with Crippen molar-refractivity contribution < 1.29 is 14.1 Å². The zero-order valence-corrected chi connectivity index (χ0v) is 13.9. The minimum absolute atomic E-state index is 0.199. The van der Waals surface area contributed by atoms with Gasteiger partial charge in [0.25, 0.3) is 5.91 Å². The van der Waals surface area contributed by atoms with Crippen molar-refractivity contribution in [2.45, 2.75) is 32.1 Å². The van der Waals surface area contributed by atoms with Gasteiger partial charge in [-0.25, -0.2) is 0 Å². The van der Waals surface area contributed by atoms with E-state index in [0.29, 0.717) is 18.0 Å². The first-order chi connectivity index (χ1) is 11.8. The van der Waals surface area contributed by atoms with Crippen LogP contribution in [0.2, 0.25) is 0 Å². The highest BCUT2D eigenvalue weighted by Gasteiger charge is 2.14. The first-order valence-electron chi connectivity index (χ1n) is 8.33. The van der Waals surface area contributed by atoms with Crippen molar-refractivity contribution in [2.75, 3.05) is 13.7 Å². The summed E-state index contributed by atoms with van der Waals surface area (Å²) < 4.78 is 10.4. The zero-order chi connectivity index (χ0) is 16.8. The average molecular weight is 326 g/mol. The van der Waals surface area contributed by atoms with Crippen LogP contribution in [-0.2, 0) is 0 Å². The molecule has 0 aliphatic heterocycles. The summed E-state index contributed by atoms with van der Waals surface area (Å²) in [5.74, 6) is 1.14. The zero-order valence-electron chi connectivity index (χ0n) is 13.9. The molecule has 2 aromatic rings. The third-order valence-corrected chi connectivity index (χ3v) is 4.23. The fraction of sp³-hybridized carbons (Fsp3) is 0.368. The monoisotopic (exact) mass is 326 g/mol. The van der Waals surface area contributed by atoms with E-state index in [1.54, 1.807) is 13.2 Å². The lowest BCUT2D eigenvalue weighted by Crippen LogP contribution is -2.25. The van der Waals surface area contributed by atoms with Gasteiger partial charge in [-0.2, -0.15) is 0 Å². The molecule has 5 nitrogen and oxygen atoms in total. The van der Waals surface area contributed by atoms with Crippen molar-refractivity contribution in [1.82, 2.24) is 10.5 Å². The van der Waals surface area contributed by atoms with E-state index in [9.17, 15) is 4.79 Å². The Kier molecular flexibility index (Phi) is 5.31. The summed E-state index contributed by atoms with van der Waals surface area (Å²) in [5.41, 5.74) is 2.61. The summed E-state index contributed by atoms with van der Waals surface area (Å²) in [6, 6.07) is 9.09. The maximum atomic E-state index is 12.2. The van der Waals surface area contributed by atoms with Crippen LogP contribution >= 0.6 is 0 Å². The van der Waals surface area contributed by atoms with Crippen LogP contribution in [-0.4, -0.2) is 24.7 Å². The van der Waals surface area contributed by atoms with Crippen LogP contribution in [0.3, 0.4) is 0 Å². The van der Waals surface area contributed by atoms with Crippen LogP contribution in [0.1, 0.15) is 42.6 Å². The second kappa shape index (κ2) is 7.81. The number of ether oxygens (including phenoxy) is 1. The van der Waals surface area contributed by atoms with Crippen molar-refractivity contribution in [3.63, 3.8) is 0 Å². The quantitative estimate of drug-likeness (QED) is 0.816. The number of carbonyl (C=O) groups excluding carboxylic acids is 1. The number of benzene rings is 1. The van der Waals surface area contributed by atoms with Crippen molar-refractivity contribution >= 4 is 5.91 Å². The Bertz CT molecular complexity index is 716. The van der Waals surface area contributed by atoms with Gasteiger partial charge in [0.05, 0.1) is 7.11 Å². The van der Waals surface area contributed by atoms with E-state index in [-0.39, 0.29) is 5.91 Å². The van der Waals surface area contributed by atoms with Gasteiger partial charge in [0.2, 0.25) is 0 Å². The number of methoxy groups -OCH3 is 1. The highest BCUT2D eigenvalue weighted by molar-refractivity contribution is 5.93. The number of aromatic nitrogens is 1. The Hall–Kier alpha value is -2.56. The first kappa shape index (κ1) is 16.3. The van der Waals surface area contributed by atoms with Gasteiger partial charge >= 0.3 is 0 Å². The van der Waals surface area contributed by atoms with Crippen molar-refractivity contribution in [2.24, 2.45) is 0 Å². The van der Waals surface area contributed by atoms with Gasteiger partial charge in [-0.1, -0.05) is 16.8 Å². The molecule has 24 heavy (non-hydrogen) atoms. The lowest BCUT2D eigenvalue weighted by molar-refractivity contribution is 0.0945. The Labute approximate surface area is 141 Å². The number of hydrogen-bond acceptors (Lipinski definition) is 4. The third kappa shape index (κ3) is 4.04. The van der Waals surface area contributed by atoms with E-state index >= 15 is 0 Å². The molecule has 0 radical (unpaired) electrons. The molecule has 5 heteroatoms. The Morgan fingerprint density at radius 2 is 2.12 bits per heavy atom. The van der Waals surface area contributed by atoms with Crippen LogP contribution in [0.5, 0.6) is 5.75 Å². The van der Waals surface area contributed by atoms with E-state index in [1.807, 2.05) is 24.3 Å². The number of allylic oxidation sites excluding steroid dienone is 1. The summed E-state index contributed by atoms with van der Waals surface area (Å²) in [6.07, 6.45) is 8.07. The van der Waals surface area contributed by atoms with Crippen LogP contribution in [0, 0.1) is 0 Å². The fourth-order valence-corrected chi connectivity index (χ4v) is 2.83. The smallest absolute Gasteiger partial charge is 0.273 e. The summed E-state index contributed by atoms with van der Waals surface area (Å²) >= 11 is 0. The molecule has 0 fully saturated rings. The first-order valence-corrected chi connectivity index (χ1v) is 8.33. The maximum absolute atomic E-state index is 12.2. The highest BCUT2D eigenvalue weighted by atomic mass is 16.5. The molecule has 1 amide bonds. The van der Waals surface area contributed by atoms with Gasteiger partial charge in [-0.05, 0) is 56.4 Å². The molecule has 0 atom stereocenters. The molecule has 0 unspecified atom stereocenters. The average Bonchev–Trinajstić information content (AvgIpc) is 3.13. The normalized spacial score (nSPS) is 14.1. The van der Waals surface area contributed by atoms with Crippen molar-refractivity contribution in [3.8, 4) is 17.1 Å². The second-order valence-electron chi connectivity index (χ2n) is 5.92. The number of rotatable bonds is 6. The fourth-order valence-electron chi connectivity index (χ4n) is 2.83. The summed E-state index contributed by atoms with van der Waals surface area (Å²) in [4.78, 5) is 12.2. The van der Waals surface area contributed by atoms with E-state index in [2.05, 4.69) is 16.5 Å². The molecule has 0 spiro atoms. The van der Waals surface area contributed by atoms with Crippen molar-refractivity contribution in [1.29, 1.82) is 0 Å². The van der Waals surface area contributed by atoms with E-state index in [4.69, 9.17) is 9.26 Å². The SMILES string of the molecule is COc1ccc(-c2cc(C(=O)NCCC3=CCCCC3)no2)cc1. The molecular weight excluding hydrogens is 304 g/mol. The Morgan fingerprint density at radius 1 is 1.29 bits per heavy atom. The number of hydrogen-bond donors (Lipinski definition) is 1.